The van der Waals surface area contributed by atoms with Gasteiger partial charge in [0.05, 0.1) is 11.4 Å². The monoisotopic (exact) mass is 398 g/mol. The van der Waals surface area contributed by atoms with E-state index in [4.69, 9.17) is 0 Å². The van der Waals surface area contributed by atoms with Gasteiger partial charge in [0.2, 0.25) is 0 Å². The summed E-state index contributed by atoms with van der Waals surface area (Å²) in [7, 11) is 0. The van der Waals surface area contributed by atoms with E-state index in [1.165, 1.54) is 11.8 Å². The Balaban J connectivity index is 2.05. The second-order valence-corrected chi connectivity index (χ2v) is 6.56. The van der Waals surface area contributed by atoms with Crippen LogP contribution in [0.3, 0.4) is 0 Å². The molecular formula is C17H11BrN4OS. The van der Waals surface area contributed by atoms with Crippen molar-refractivity contribution < 1.29 is 0 Å². The van der Waals surface area contributed by atoms with Gasteiger partial charge < -0.3 is 4.98 Å². The molecule has 0 spiro atoms. The van der Waals surface area contributed by atoms with Crippen LogP contribution in [-0.2, 0) is 0 Å². The number of thioether (sulfide) groups is 1. The number of nitriles is 1. The van der Waals surface area contributed by atoms with Gasteiger partial charge in [0, 0.05) is 21.8 Å². The first-order valence-corrected chi connectivity index (χ1v) is 8.95. The third-order valence-electron chi connectivity index (χ3n) is 3.38. The van der Waals surface area contributed by atoms with Crippen LogP contribution in [0.15, 0.2) is 57.0 Å². The zero-order chi connectivity index (χ0) is 17.1. The molecule has 2 heterocycles. The predicted molar refractivity (Wildman–Crippen MR) is 97.7 cm³/mol. The second kappa shape index (κ2) is 6.99. The van der Waals surface area contributed by atoms with Crippen molar-refractivity contribution in [3.05, 3.63) is 63.0 Å². The summed E-state index contributed by atoms with van der Waals surface area (Å²) in [5.41, 5.74) is 2.48. The third-order valence-corrected chi connectivity index (χ3v) is 4.43. The molecule has 1 aromatic carbocycles. The molecule has 0 fully saturated rings. The van der Waals surface area contributed by atoms with Gasteiger partial charge in [0.25, 0.3) is 5.56 Å². The van der Waals surface area contributed by atoms with Crippen molar-refractivity contribution in [3.63, 3.8) is 0 Å². The smallest absolute Gasteiger partial charge is 0.270 e. The van der Waals surface area contributed by atoms with Gasteiger partial charge in [-0.2, -0.15) is 5.26 Å². The van der Waals surface area contributed by atoms with E-state index >= 15 is 0 Å². The number of rotatable bonds is 3. The maximum absolute atomic E-state index is 12.0. The largest absolute Gasteiger partial charge is 0.300 e. The first-order chi connectivity index (χ1) is 11.6. The van der Waals surface area contributed by atoms with E-state index in [2.05, 4.69) is 30.9 Å². The van der Waals surface area contributed by atoms with Gasteiger partial charge in [0.15, 0.2) is 5.16 Å². The molecule has 118 valence electrons. The summed E-state index contributed by atoms with van der Waals surface area (Å²) in [6, 6.07) is 13.2. The lowest BCUT2D eigenvalue weighted by Crippen LogP contribution is -2.14. The summed E-state index contributed by atoms with van der Waals surface area (Å²) in [6.07, 6.45) is 3.55. The van der Waals surface area contributed by atoms with Crippen LogP contribution < -0.4 is 5.56 Å². The molecule has 7 heteroatoms. The number of hydrogen-bond acceptors (Lipinski definition) is 5. The highest BCUT2D eigenvalue weighted by atomic mass is 79.9. The Morgan fingerprint density at radius 1 is 1.17 bits per heavy atom. The maximum Gasteiger partial charge on any atom is 0.270 e. The molecule has 0 saturated heterocycles. The van der Waals surface area contributed by atoms with E-state index in [0.29, 0.717) is 16.4 Å². The van der Waals surface area contributed by atoms with Crippen molar-refractivity contribution in [3.8, 4) is 28.6 Å². The van der Waals surface area contributed by atoms with Crippen molar-refractivity contribution in [1.29, 1.82) is 5.26 Å². The van der Waals surface area contributed by atoms with Crippen LogP contribution in [0, 0.1) is 11.3 Å². The number of benzene rings is 1. The van der Waals surface area contributed by atoms with E-state index in [0.717, 1.165) is 15.7 Å². The SMILES string of the molecule is CSc1nc(-c2ccc(-c3ccc(Br)cn3)cc2)c(C#N)c(=O)[nH]1. The van der Waals surface area contributed by atoms with Gasteiger partial charge in [-0.3, -0.25) is 9.78 Å². The molecule has 0 aliphatic rings. The van der Waals surface area contributed by atoms with Crippen molar-refractivity contribution in [2.45, 2.75) is 5.16 Å². The molecule has 2 aromatic heterocycles. The molecule has 0 aliphatic heterocycles. The molecule has 3 aromatic rings. The van der Waals surface area contributed by atoms with Crippen LogP contribution in [0.1, 0.15) is 5.56 Å². The number of nitrogens with zero attached hydrogens (tertiary/aromatic N) is 3. The fourth-order valence-corrected chi connectivity index (χ4v) is 2.82. The molecule has 1 N–H and O–H groups in total. The average Bonchev–Trinajstić information content (AvgIpc) is 2.62. The highest BCUT2D eigenvalue weighted by Crippen LogP contribution is 2.25. The Hall–Kier alpha value is -2.43. The lowest BCUT2D eigenvalue weighted by Gasteiger charge is -2.06. The highest BCUT2D eigenvalue weighted by Gasteiger charge is 2.13. The number of H-pyrrole nitrogens is 1. The minimum Gasteiger partial charge on any atom is -0.300 e. The minimum atomic E-state index is -0.425. The lowest BCUT2D eigenvalue weighted by atomic mass is 10.0. The van der Waals surface area contributed by atoms with Gasteiger partial charge in [-0.15, -0.1) is 0 Å². The van der Waals surface area contributed by atoms with E-state index in [9.17, 15) is 10.1 Å². The Morgan fingerprint density at radius 3 is 2.46 bits per heavy atom. The summed E-state index contributed by atoms with van der Waals surface area (Å²) in [4.78, 5) is 23.3. The summed E-state index contributed by atoms with van der Waals surface area (Å²) < 4.78 is 0.916. The summed E-state index contributed by atoms with van der Waals surface area (Å²) >= 11 is 4.68. The van der Waals surface area contributed by atoms with Crippen LogP contribution >= 0.6 is 27.7 Å². The molecule has 3 rings (SSSR count). The van der Waals surface area contributed by atoms with Crippen molar-refractivity contribution in [2.24, 2.45) is 0 Å². The Labute approximate surface area is 150 Å². The van der Waals surface area contributed by atoms with Crippen LogP contribution in [0.2, 0.25) is 0 Å². The highest BCUT2D eigenvalue weighted by molar-refractivity contribution is 9.10. The summed E-state index contributed by atoms with van der Waals surface area (Å²) in [5.74, 6) is 0. The Bertz CT molecular complexity index is 975. The first kappa shape index (κ1) is 16.4. The zero-order valence-corrected chi connectivity index (χ0v) is 15.0. The van der Waals surface area contributed by atoms with Crippen LogP contribution in [0.4, 0.5) is 0 Å². The fraction of sp³-hybridized carbons (Fsp3) is 0.0588. The fourth-order valence-electron chi connectivity index (χ4n) is 2.21. The van der Waals surface area contributed by atoms with Gasteiger partial charge in [-0.05, 0) is 34.3 Å². The molecule has 0 amide bonds. The molecule has 24 heavy (non-hydrogen) atoms. The van der Waals surface area contributed by atoms with Crippen LogP contribution in [0.5, 0.6) is 0 Å². The third kappa shape index (κ3) is 3.25. The summed E-state index contributed by atoms with van der Waals surface area (Å²) in [6.45, 7) is 0. The van der Waals surface area contributed by atoms with E-state index in [1.807, 2.05) is 48.7 Å². The average molecular weight is 399 g/mol. The number of nitrogens with one attached hydrogen (secondary N) is 1. The number of halogens is 1. The van der Waals surface area contributed by atoms with Gasteiger partial charge in [-0.1, -0.05) is 36.0 Å². The standard InChI is InChI=1S/C17H11BrN4OS/c1-24-17-21-15(13(8-19)16(23)22-17)11-4-2-10(3-5-11)14-7-6-12(18)9-20-14/h2-7,9H,1H3,(H,21,22,23). The second-order valence-electron chi connectivity index (χ2n) is 4.85. The van der Waals surface area contributed by atoms with Gasteiger partial charge >= 0.3 is 0 Å². The number of hydrogen-bond donors (Lipinski definition) is 1. The van der Waals surface area contributed by atoms with Crippen molar-refractivity contribution in [1.82, 2.24) is 15.0 Å². The van der Waals surface area contributed by atoms with Crippen LogP contribution in [0.25, 0.3) is 22.5 Å². The summed E-state index contributed by atoms with van der Waals surface area (Å²) in [5, 5.41) is 9.73. The number of pyridine rings is 1. The van der Waals surface area contributed by atoms with E-state index in [1.54, 1.807) is 6.20 Å². The maximum atomic E-state index is 12.0. The Kier molecular flexibility index (Phi) is 4.79. The van der Waals surface area contributed by atoms with Crippen molar-refractivity contribution >= 4 is 27.7 Å². The molecule has 0 aliphatic carbocycles. The molecular weight excluding hydrogens is 388 g/mol. The van der Waals surface area contributed by atoms with Crippen LogP contribution in [-0.4, -0.2) is 21.2 Å². The predicted octanol–water partition coefficient (Wildman–Crippen LogP) is 3.85. The molecule has 0 unspecified atom stereocenters. The molecule has 0 saturated carbocycles. The van der Waals surface area contributed by atoms with Gasteiger partial charge in [-0.25, -0.2) is 4.98 Å². The zero-order valence-electron chi connectivity index (χ0n) is 12.6. The number of aromatic nitrogens is 3. The Morgan fingerprint density at radius 2 is 1.88 bits per heavy atom. The number of aromatic amines is 1. The quantitative estimate of drug-likeness (QED) is 0.534. The minimum absolute atomic E-state index is 0.0160. The normalized spacial score (nSPS) is 10.4. The van der Waals surface area contributed by atoms with E-state index in [-0.39, 0.29) is 5.56 Å². The molecule has 0 radical (unpaired) electrons. The lowest BCUT2D eigenvalue weighted by molar-refractivity contribution is 0.937. The van der Waals surface area contributed by atoms with E-state index < -0.39 is 5.56 Å². The molecule has 5 nitrogen and oxygen atoms in total. The van der Waals surface area contributed by atoms with Crippen molar-refractivity contribution in [2.75, 3.05) is 6.26 Å². The topological polar surface area (TPSA) is 82.4 Å². The van der Waals surface area contributed by atoms with Gasteiger partial charge in [0.1, 0.15) is 11.6 Å². The molecule has 0 bridgehead atoms. The first-order valence-electron chi connectivity index (χ1n) is 6.93. The molecule has 0 atom stereocenters.